The number of hydrogen-bond donors (Lipinski definition) is 0. The molecule has 0 N–H and O–H groups in total. The maximum Gasteiger partial charge on any atom is 0.266 e. The van der Waals surface area contributed by atoms with E-state index in [1.54, 1.807) is 12.1 Å². The first-order valence-electron chi connectivity index (χ1n) is 8.16. The molecule has 2 aromatic rings. The Morgan fingerprint density at radius 3 is 2.63 bits per heavy atom. The number of rotatable bonds is 3. The normalized spacial score (nSPS) is 23.5. The van der Waals surface area contributed by atoms with Gasteiger partial charge in [-0.15, -0.1) is 0 Å². The van der Waals surface area contributed by atoms with E-state index in [0.29, 0.717) is 27.2 Å². The zero-order valence-corrected chi connectivity index (χ0v) is 18.0. The van der Waals surface area contributed by atoms with Gasteiger partial charge in [-0.05, 0) is 30.7 Å². The lowest BCUT2D eigenvalue weighted by Crippen LogP contribution is -2.39. The van der Waals surface area contributed by atoms with E-state index >= 15 is 0 Å². The summed E-state index contributed by atoms with van der Waals surface area (Å²) >= 11 is 9.89. The third-order valence-corrected chi connectivity index (χ3v) is 8.04. The topological polar surface area (TPSA) is 67.6 Å². The molecule has 2 fully saturated rings. The number of sulfone groups is 1. The van der Waals surface area contributed by atoms with Crippen LogP contribution in [0.25, 0.3) is 17.4 Å². The Kier molecular flexibility index (Phi) is 5.04. The maximum atomic E-state index is 12.7. The summed E-state index contributed by atoms with van der Waals surface area (Å²) in [4.78, 5) is 14.6. The molecule has 27 heavy (non-hydrogen) atoms. The van der Waals surface area contributed by atoms with E-state index in [9.17, 15) is 13.2 Å². The van der Waals surface area contributed by atoms with E-state index in [4.69, 9.17) is 16.6 Å². The molecule has 1 aromatic carbocycles. The Hall–Kier alpha value is -1.42. The summed E-state index contributed by atoms with van der Waals surface area (Å²) in [6, 6.07) is 11.0. The number of nitrogens with zero attached hydrogens (tertiary/aromatic N) is 1. The SMILES string of the molecule is O=C1/C(=C/c2ccc(-c3ccc(Br)cc3)o2)SC(=S)N1[C@@H]1CCS(=O)(=O)C1. The number of halogens is 1. The third-order valence-electron chi connectivity index (χ3n) is 4.43. The molecule has 0 unspecified atom stereocenters. The minimum absolute atomic E-state index is 0.0266. The van der Waals surface area contributed by atoms with Crippen molar-refractivity contribution in [2.45, 2.75) is 12.5 Å². The number of thioether (sulfide) groups is 1. The molecule has 5 nitrogen and oxygen atoms in total. The summed E-state index contributed by atoms with van der Waals surface area (Å²) in [5.41, 5.74) is 0.932. The van der Waals surface area contributed by atoms with Gasteiger partial charge < -0.3 is 4.42 Å². The monoisotopic (exact) mass is 483 g/mol. The highest BCUT2D eigenvalue weighted by atomic mass is 79.9. The number of hydrogen-bond acceptors (Lipinski definition) is 6. The van der Waals surface area contributed by atoms with Crippen LogP contribution in [0.3, 0.4) is 0 Å². The van der Waals surface area contributed by atoms with Gasteiger partial charge in [0.2, 0.25) is 0 Å². The summed E-state index contributed by atoms with van der Waals surface area (Å²) in [5, 5.41) is 0. The van der Waals surface area contributed by atoms with Crippen LogP contribution < -0.4 is 0 Å². The molecule has 1 atom stereocenters. The van der Waals surface area contributed by atoms with E-state index in [1.165, 1.54) is 16.7 Å². The van der Waals surface area contributed by atoms with Gasteiger partial charge in [0.25, 0.3) is 5.91 Å². The third kappa shape index (κ3) is 3.91. The van der Waals surface area contributed by atoms with Crippen LogP contribution in [0.5, 0.6) is 0 Å². The van der Waals surface area contributed by atoms with E-state index in [1.807, 2.05) is 30.3 Å². The summed E-state index contributed by atoms with van der Waals surface area (Å²) < 4.78 is 30.7. The lowest BCUT2D eigenvalue weighted by atomic mass is 10.2. The zero-order chi connectivity index (χ0) is 19.2. The van der Waals surface area contributed by atoms with Crippen molar-refractivity contribution < 1.29 is 17.6 Å². The predicted octanol–water partition coefficient (Wildman–Crippen LogP) is 4.10. The van der Waals surface area contributed by atoms with E-state index in [-0.39, 0.29) is 23.5 Å². The minimum Gasteiger partial charge on any atom is -0.457 e. The number of carbonyl (C=O) groups excluding carboxylic acids is 1. The Morgan fingerprint density at radius 1 is 1.22 bits per heavy atom. The van der Waals surface area contributed by atoms with E-state index < -0.39 is 9.84 Å². The van der Waals surface area contributed by atoms with Crippen LogP contribution in [0.1, 0.15) is 12.2 Å². The van der Waals surface area contributed by atoms with Crippen LogP contribution in [-0.4, -0.2) is 41.1 Å². The van der Waals surface area contributed by atoms with Crippen molar-refractivity contribution in [2.75, 3.05) is 11.5 Å². The predicted molar refractivity (Wildman–Crippen MR) is 114 cm³/mol. The largest absolute Gasteiger partial charge is 0.457 e. The number of benzene rings is 1. The standard InChI is InChI=1S/C18H14BrNO4S3/c19-12-3-1-11(2-4-12)15-6-5-14(24-15)9-16-17(21)20(18(25)26-16)13-7-8-27(22,23)10-13/h1-6,9,13H,7-8,10H2/b16-9-/t13-/m1/s1. The van der Waals surface area contributed by atoms with Crippen molar-refractivity contribution in [3.8, 4) is 11.3 Å². The highest BCUT2D eigenvalue weighted by molar-refractivity contribution is 9.10. The smallest absolute Gasteiger partial charge is 0.266 e. The number of furan rings is 1. The summed E-state index contributed by atoms with van der Waals surface area (Å²) in [6.45, 7) is 0. The maximum absolute atomic E-state index is 12.7. The van der Waals surface area contributed by atoms with Crippen LogP contribution in [0, 0.1) is 0 Å². The van der Waals surface area contributed by atoms with Crippen LogP contribution in [0.15, 0.2) is 50.2 Å². The summed E-state index contributed by atoms with van der Waals surface area (Å²) in [6.07, 6.45) is 2.08. The van der Waals surface area contributed by atoms with Gasteiger partial charge in [0.15, 0.2) is 9.84 Å². The molecule has 0 bridgehead atoms. The van der Waals surface area contributed by atoms with Gasteiger partial charge in [0.05, 0.1) is 22.5 Å². The van der Waals surface area contributed by atoms with Crippen LogP contribution in [0.4, 0.5) is 0 Å². The molecule has 140 valence electrons. The molecule has 0 saturated carbocycles. The Morgan fingerprint density at radius 2 is 1.96 bits per heavy atom. The van der Waals surface area contributed by atoms with Crippen LogP contribution in [0.2, 0.25) is 0 Å². The number of thiocarbonyl (C=S) groups is 1. The molecule has 1 amide bonds. The Bertz CT molecular complexity index is 1060. The molecule has 0 aliphatic carbocycles. The van der Waals surface area contributed by atoms with Gasteiger partial charge >= 0.3 is 0 Å². The van der Waals surface area contributed by atoms with Crippen molar-refractivity contribution in [3.63, 3.8) is 0 Å². The van der Waals surface area contributed by atoms with Crippen molar-refractivity contribution >= 4 is 66.1 Å². The van der Waals surface area contributed by atoms with Crippen molar-refractivity contribution in [2.24, 2.45) is 0 Å². The molecule has 0 radical (unpaired) electrons. The van der Waals surface area contributed by atoms with Gasteiger partial charge in [0.1, 0.15) is 15.8 Å². The molecule has 9 heteroatoms. The average molecular weight is 484 g/mol. The molecule has 2 aliphatic rings. The van der Waals surface area contributed by atoms with Crippen molar-refractivity contribution in [1.82, 2.24) is 4.90 Å². The molecule has 2 saturated heterocycles. The highest BCUT2D eigenvalue weighted by Gasteiger charge is 2.42. The van der Waals surface area contributed by atoms with Gasteiger partial charge in [-0.3, -0.25) is 9.69 Å². The average Bonchev–Trinajstić information content (AvgIpc) is 3.28. The van der Waals surface area contributed by atoms with Crippen molar-refractivity contribution in [1.29, 1.82) is 0 Å². The second-order valence-electron chi connectivity index (χ2n) is 6.32. The molecular weight excluding hydrogens is 470 g/mol. The lowest BCUT2D eigenvalue weighted by Gasteiger charge is -2.20. The molecule has 3 heterocycles. The van der Waals surface area contributed by atoms with E-state index in [2.05, 4.69) is 15.9 Å². The zero-order valence-electron chi connectivity index (χ0n) is 13.9. The quantitative estimate of drug-likeness (QED) is 0.483. The van der Waals surface area contributed by atoms with Crippen LogP contribution >= 0.6 is 39.9 Å². The first kappa shape index (κ1) is 18.9. The number of carbonyl (C=O) groups is 1. The van der Waals surface area contributed by atoms with Gasteiger partial charge in [0, 0.05) is 16.1 Å². The second-order valence-corrected chi connectivity index (χ2v) is 11.1. The summed E-state index contributed by atoms with van der Waals surface area (Å²) in [5.74, 6) is 1.07. The van der Waals surface area contributed by atoms with Gasteiger partial charge in [-0.1, -0.05) is 52.0 Å². The van der Waals surface area contributed by atoms with Gasteiger partial charge in [-0.25, -0.2) is 8.42 Å². The first-order chi connectivity index (χ1) is 12.8. The fourth-order valence-corrected chi connectivity index (χ4v) is 6.45. The summed E-state index contributed by atoms with van der Waals surface area (Å²) in [7, 11) is -3.09. The fraction of sp³-hybridized carbons (Fsp3) is 0.222. The van der Waals surface area contributed by atoms with E-state index in [0.717, 1.165) is 10.0 Å². The highest BCUT2D eigenvalue weighted by Crippen LogP contribution is 2.37. The second kappa shape index (κ2) is 7.20. The molecular formula is C18H14BrNO4S3. The first-order valence-corrected chi connectivity index (χ1v) is 12.0. The number of amides is 1. The van der Waals surface area contributed by atoms with Gasteiger partial charge in [-0.2, -0.15) is 0 Å². The molecule has 1 aromatic heterocycles. The molecule has 2 aliphatic heterocycles. The molecule has 4 rings (SSSR count). The molecule has 0 spiro atoms. The minimum atomic E-state index is -3.09. The van der Waals surface area contributed by atoms with Crippen LogP contribution in [-0.2, 0) is 14.6 Å². The fourth-order valence-electron chi connectivity index (χ4n) is 3.10. The van der Waals surface area contributed by atoms with Crippen molar-refractivity contribution in [3.05, 3.63) is 51.5 Å². The lowest BCUT2D eigenvalue weighted by molar-refractivity contribution is -0.123. The Balaban J connectivity index is 1.56. The Labute approximate surface area is 174 Å².